The summed E-state index contributed by atoms with van der Waals surface area (Å²) in [6.07, 6.45) is 0.158. The minimum Gasteiger partial charge on any atom is -0.418 e. The molecule has 3 aromatic carbocycles. The molecule has 0 saturated heterocycles. The fraction of sp³-hybridized carbons (Fsp3) is 0.0870. The van der Waals surface area contributed by atoms with Crippen molar-refractivity contribution in [3.8, 4) is 11.5 Å². The molecule has 0 aliphatic rings. The highest BCUT2D eigenvalue weighted by atomic mass is 19.1. The summed E-state index contributed by atoms with van der Waals surface area (Å²) >= 11 is 0. The lowest BCUT2D eigenvalue weighted by Crippen LogP contribution is -2.31. The molecule has 0 aliphatic heterocycles. The van der Waals surface area contributed by atoms with E-state index in [1.54, 1.807) is 18.2 Å². The van der Waals surface area contributed by atoms with E-state index in [2.05, 4.69) is 15.5 Å². The fourth-order valence-electron chi connectivity index (χ4n) is 3.02. The Morgan fingerprint density at radius 1 is 0.897 bits per heavy atom. The van der Waals surface area contributed by atoms with Crippen molar-refractivity contribution in [3.05, 3.63) is 108 Å². The molecule has 4 rings (SSSR count). The maximum Gasteiger partial charge on any atom is 0.247 e. The van der Waals surface area contributed by atoms with E-state index in [0.29, 0.717) is 5.89 Å². The van der Waals surface area contributed by atoms with Crippen molar-refractivity contribution in [2.24, 2.45) is 0 Å². The highest BCUT2D eigenvalue weighted by Crippen LogP contribution is 2.26. The largest absolute Gasteiger partial charge is 0.418 e. The van der Waals surface area contributed by atoms with E-state index >= 15 is 0 Å². The quantitative estimate of drug-likeness (QED) is 0.535. The van der Waals surface area contributed by atoms with Gasteiger partial charge in [0.1, 0.15) is 11.9 Å². The first-order valence-electron chi connectivity index (χ1n) is 9.17. The summed E-state index contributed by atoms with van der Waals surface area (Å²) in [5.41, 5.74) is 1.86. The van der Waals surface area contributed by atoms with Crippen LogP contribution in [0.1, 0.15) is 23.1 Å². The van der Waals surface area contributed by atoms with Crippen molar-refractivity contribution in [2.45, 2.75) is 12.5 Å². The lowest BCUT2D eigenvalue weighted by atomic mass is 10.1. The van der Waals surface area contributed by atoms with Gasteiger partial charge in [-0.3, -0.25) is 4.79 Å². The fourth-order valence-corrected chi connectivity index (χ4v) is 3.02. The van der Waals surface area contributed by atoms with Crippen LogP contribution in [0.15, 0.2) is 89.3 Å². The molecule has 144 valence electrons. The van der Waals surface area contributed by atoms with E-state index in [1.807, 2.05) is 60.7 Å². The summed E-state index contributed by atoms with van der Waals surface area (Å²) in [5, 5.41) is 11.0. The molecule has 4 aromatic rings. The first-order chi connectivity index (χ1) is 14.2. The van der Waals surface area contributed by atoms with Crippen molar-refractivity contribution >= 4 is 5.91 Å². The van der Waals surface area contributed by atoms with Crippen molar-refractivity contribution in [1.29, 1.82) is 0 Å². The molecule has 0 fully saturated rings. The molecule has 29 heavy (non-hydrogen) atoms. The monoisotopic (exact) mass is 387 g/mol. The molecule has 1 heterocycles. The number of amides is 1. The van der Waals surface area contributed by atoms with E-state index < -0.39 is 11.9 Å². The Morgan fingerprint density at radius 2 is 1.55 bits per heavy atom. The summed E-state index contributed by atoms with van der Waals surface area (Å²) in [4.78, 5) is 12.6. The molecular formula is C23H18FN3O2. The number of benzene rings is 3. The molecule has 0 spiro atoms. The van der Waals surface area contributed by atoms with Gasteiger partial charge in [-0.2, -0.15) is 0 Å². The van der Waals surface area contributed by atoms with E-state index in [0.717, 1.165) is 11.1 Å². The maximum absolute atomic E-state index is 14.5. The van der Waals surface area contributed by atoms with Gasteiger partial charge in [0.05, 0.1) is 6.42 Å². The Labute approximate surface area is 167 Å². The van der Waals surface area contributed by atoms with E-state index in [4.69, 9.17) is 4.42 Å². The SMILES string of the molecule is O=C(Cc1ccccc1)NC(c1nnc(-c2ccccc2)o1)c1ccccc1F. The number of aromatic nitrogens is 2. The topological polar surface area (TPSA) is 68.0 Å². The number of nitrogens with zero attached hydrogens (tertiary/aromatic N) is 2. The smallest absolute Gasteiger partial charge is 0.247 e. The van der Waals surface area contributed by atoms with Crippen LogP contribution in [-0.2, 0) is 11.2 Å². The van der Waals surface area contributed by atoms with Gasteiger partial charge in [0.25, 0.3) is 0 Å². The second kappa shape index (κ2) is 8.48. The second-order valence-corrected chi connectivity index (χ2v) is 6.50. The highest BCUT2D eigenvalue weighted by molar-refractivity contribution is 5.79. The van der Waals surface area contributed by atoms with Crippen LogP contribution < -0.4 is 5.32 Å². The zero-order valence-electron chi connectivity index (χ0n) is 15.5. The van der Waals surface area contributed by atoms with Crippen LogP contribution in [0.4, 0.5) is 4.39 Å². The van der Waals surface area contributed by atoms with Crippen LogP contribution in [0.2, 0.25) is 0 Å². The van der Waals surface area contributed by atoms with Gasteiger partial charge < -0.3 is 9.73 Å². The Bertz CT molecular complexity index is 1100. The molecule has 1 unspecified atom stereocenters. The lowest BCUT2D eigenvalue weighted by molar-refractivity contribution is -0.121. The Hall–Kier alpha value is -3.80. The first-order valence-corrected chi connectivity index (χ1v) is 9.17. The number of nitrogens with one attached hydrogen (secondary N) is 1. The number of carbonyl (C=O) groups excluding carboxylic acids is 1. The number of rotatable bonds is 6. The number of halogens is 1. The molecule has 1 amide bonds. The standard InChI is InChI=1S/C23H18FN3O2/c24-19-14-8-7-13-18(19)21(25-20(28)15-16-9-3-1-4-10-16)23-27-26-22(29-23)17-11-5-2-6-12-17/h1-14,21H,15H2,(H,25,28). The van der Waals surface area contributed by atoms with Crippen LogP contribution in [0.5, 0.6) is 0 Å². The predicted molar refractivity (Wildman–Crippen MR) is 106 cm³/mol. The molecule has 1 aromatic heterocycles. The van der Waals surface area contributed by atoms with Crippen molar-refractivity contribution in [1.82, 2.24) is 15.5 Å². The van der Waals surface area contributed by atoms with Crippen molar-refractivity contribution < 1.29 is 13.6 Å². The molecule has 0 radical (unpaired) electrons. The third-order valence-electron chi connectivity index (χ3n) is 4.44. The molecular weight excluding hydrogens is 369 g/mol. The highest BCUT2D eigenvalue weighted by Gasteiger charge is 2.26. The van der Waals surface area contributed by atoms with E-state index in [-0.39, 0.29) is 23.8 Å². The molecule has 0 bridgehead atoms. The van der Waals surface area contributed by atoms with Crippen LogP contribution in [0.3, 0.4) is 0 Å². The van der Waals surface area contributed by atoms with Crippen LogP contribution in [0, 0.1) is 5.82 Å². The minimum atomic E-state index is -0.891. The third-order valence-corrected chi connectivity index (χ3v) is 4.44. The molecule has 0 saturated carbocycles. The van der Waals surface area contributed by atoms with Gasteiger partial charge in [0.2, 0.25) is 17.7 Å². The van der Waals surface area contributed by atoms with Gasteiger partial charge in [-0.25, -0.2) is 4.39 Å². The third kappa shape index (κ3) is 4.38. The summed E-state index contributed by atoms with van der Waals surface area (Å²) in [6, 6.07) is 23.9. The second-order valence-electron chi connectivity index (χ2n) is 6.50. The van der Waals surface area contributed by atoms with Gasteiger partial charge in [-0.15, -0.1) is 10.2 Å². The Balaban J connectivity index is 1.64. The van der Waals surface area contributed by atoms with Crippen LogP contribution in [-0.4, -0.2) is 16.1 Å². The zero-order chi connectivity index (χ0) is 20.1. The molecule has 0 aliphatic carbocycles. The summed E-state index contributed by atoms with van der Waals surface area (Å²) < 4.78 is 20.3. The number of carbonyl (C=O) groups is 1. The van der Waals surface area contributed by atoms with E-state index in [9.17, 15) is 9.18 Å². The number of hydrogen-bond acceptors (Lipinski definition) is 4. The van der Waals surface area contributed by atoms with Gasteiger partial charge in [-0.05, 0) is 23.8 Å². The average Bonchev–Trinajstić information content (AvgIpc) is 3.24. The predicted octanol–water partition coefficient (Wildman–Crippen LogP) is 4.32. The van der Waals surface area contributed by atoms with Crippen molar-refractivity contribution in [3.63, 3.8) is 0 Å². The lowest BCUT2D eigenvalue weighted by Gasteiger charge is -2.16. The molecule has 1 N–H and O–H groups in total. The van der Waals surface area contributed by atoms with Crippen LogP contribution in [0.25, 0.3) is 11.5 Å². The zero-order valence-corrected chi connectivity index (χ0v) is 15.5. The van der Waals surface area contributed by atoms with Gasteiger partial charge in [0, 0.05) is 11.1 Å². The van der Waals surface area contributed by atoms with Crippen LogP contribution >= 0.6 is 0 Å². The average molecular weight is 387 g/mol. The molecule has 6 heteroatoms. The van der Waals surface area contributed by atoms with Gasteiger partial charge in [0.15, 0.2) is 0 Å². The van der Waals surface area contributed by atoms with Crippen molar-refractivity contribution in [2.75, 3.05) is 0 Å². The number of hydrogen-bond donors (Lipinski definition) is 1. The van der Waals surface area contributed by atoms with E-state index in [1.165, 1.54) is 6.07 Å². The summed E-state index contributed by atoms with van der Waals surface area (Å²) in [5.74, 6) is -0.310. The molecule has 1 atom stereocenters. The summed E-state index contributed by atoms with van der Waals surface area (Å²) in [7, 11) is 0. The maximum atomic E-state index is 14.5. The first kappa shape index (κ1) is 18.6. The minimum absolute atomic E-state index is 0.121. The molecule has 5 nitrogen and oxygen atoms in total. The van der Waals surface area contributed by atoms with Gasteiger partial charge in [-0.1, -0.05) is 66.7 Å². The summed E-state index contributed by atoms with van der Waals surface area (Å²) in [6.45, 7) is 0. The Morgan fingerprint density at radius 3 is 2.28 bits per heavy atom. The Kier molecular flexibility index (Phi) is 5.42. The van der Waals surface area contributed by atoms with Gasteiger partial charge >= 0.3 is 0 Å². The normalized spacial score (nSPS) is 11.8.